The molecule has 2 aromatic heterocycles. The third-order valence-corrected chi connectivity index (χ3v) is 7.27. The summed E-state index contributed by atoms with van der Waals surface area (Å²) in [5, 5.41) is 6.49. The average Bonchev–Trinajstić information content (AvgIpc) is 3.36. The molecular weight excluding hydrogens is 464 g/mol. The molecule has 2 heterocycles. The number of carbonyl (C=O) groups excluding carboxylic acids is 1. The number of para-hydroxylation sites is 1. The fourth-order valence-electron chi connectivity index (χ4n) is 4.54. The van der Waals surface area contributed by atoms with Gasteiger partial charge in [0.1, 0.15) is 0 Å². The predicted molar refractivity (Wildman–Crippen MR) is 147 cm³/mol. The summed E-state index contributed by atoms with van der Waals surface area (Å²) < 4.78 is 3.48. The predicted octanol–water partition coefficient (Wildman–Crippen LogP) is 6.73. The van der Waals surface area contributed by atoms with E-state index in [1.54, 1.807) is 11.3 Å². The van der Waals surface area contributed by atoms with Crippen LogP contribution in [0.4, 0.5) is 5.69 Å². The molecule has 34 heavy (non-hydrogen) atoms. The van der Waals surface area contributed by atoms with Gasteiger partial charge in [0.2, 0.25) is 0 Å². The number of anilines is 1. The minimum atomic E-state index is -0.108. The molecule has 0 bridgehead atoms. The zero-order valence-electron chi connectivity index (χ0n) is 19.7. The maximum atomic E-state index is 13.1. The molecule has 5 nitrogen and oxygen atoms in total. The highest BCUT2D eigenvalue weighted by atomic mass is 35.5. The first-order valence-corrected chi connectivity index (χ1v) is 12.3. The first-order chi connectivity index (χ1) is 16.1. The summed E-state index contributed by atoms with van der Waals surface area (Å²) in [5.41, 5.74) is 4.65. The first kappa shape index (κ1) is 24.2. The number of nitrogens with one attached hydrogen (secondary N) is 1. The van der Waals surface area contributed by atoms with Crippen molar-refractivity contribution in [3.8, 4) is 0 Å². The van der Waals surface area contributed by atoms with E-state index >= 15 is 0 Å². The number of nitrogens with zero attached hydrogens (tertiary/aromatic N) is 3. The van der Waals surface area contributed by atoms with E-state index in [0.29, 0.717) is 5.56 Å². The molecule has 5 rings (SSSR count). The van der Waals surface area contributed by atoms with Crippen molar-refractivity contribution in [1.29, 1.82) is 0 Å². The van der Waals surface area contributed by atoms with Gasteiger partial charge in [-0.05, 0) is 56.4 Å². The van der Waals surface area contributed by atoms with E-state index in [1.807, 2.05) is 37.3 Å². The quantitative estimate of drug-likeness (QED) is 0.274. The Kier molecular flexibility index (Phi) is 7.22. The Morgan fingerprint density at radius 1 is 1.00 bits per heavy atom. The molecular formula is C27H29ClN4OS. The topological polar surface area (TPSA) is 50.2 Å². The van der Waals surface area contributed by atoms with Crippen LogP contribution in [0.25, 0.3) is 32.0 Å². The monoisotopic (exact) mass is 492 g/mol. The minimum absolute atomic E-state index is 0. The summed E-state index contributed by atoms with van der Waals surface area (Å²) in [6.45, 7) is 10.3. The number of thiazole rings is 1. The van der Waals surface area contributed by atoms with Gasteiger partial charge >= 0.3 is 0 Å². The molecule has 3 aromatic carbocycles. The number of aryl methyl sites for hydroxylation is 1. The maximum absolute atomic E-state index is 13.1. The fraction of sp³-hybridized carbons (Fsp3) is 0.259. The van der Waals surface area contributed by atoms with E-state index in [1.165, 1.54) is 16.3 Å². The van der Waals surface area contributed by atoms with Crippen LogP contribution in [-0.4, -0.2) is 40.0 Å². The third-order valence-electron chi connectivity index (χ3n) is 6.32. The molecule has 1 N–H and O–H groups in total. The smallest absolute Gasteiger partial charge is 0.255 e. The number of aromatic nitrogens is 2. The van der Waals surface area contributed by atoms with Gasteiger partial charge in [0.25, 0.3) is 5.91 Å². The van der Waals surface area contributed by atoms with Crippen molar-refractivity contribution in [2.45, 2.75) is 27.3 Å². The Morgan fingerprint density at radius 3 is 2.56 bits per heavy atom. The van der Waals surface area contributed by atoms with E-state index in [9.17, 15) is 4.79 Å². The summed E-state index contributed by atoms with van der Waals surface area (Å²) in [4.78, 5) is 20.1. The van der Waals surface area contributed by atoms with Crippen molar-refractivity contribution in [2.75, 3.05) is 25.0 Å². The van der Waals surface area contributed by atoms with Crippen LogP contribution in [0.3, 0.4) is 0 Å². The molecule has 0 aliphatic carbocycles. The van der Waals surface area contributed by atoms with Crippen LogP contribution in [0.1, 0.15) is 29.2 Å². The molecule has 7 heteroatoms. The van der Waals surface area contributed by atoms with E-state index in [0.717, 1.165) is 52.6 Å². The lowest BCUT2D eigenvalue weighted by molar-refractivity contribution is 0.102. The molecule has 5 aromatic rings. The molecule has 176 valence electrons. The number of fused-ring (bicyclic) bond motifs is 4. The number of hydrogen-bond donors (Lipinski definition) is 1. The standard InChI is InChI=1S/C27H28N4OS.ClH/c1-4-30(5-2)14-15-31-24-9-7-6-8-21(24)22-12-10-19(16-25(22)31)27(32)29-20-11-13-26-23(17-20)28-18(3)33-26;/h6-13,16-17H,4-5,14-15H2,1-3H3,(H,29,32);1H. The van der Waals surface area contributed by atoms with E-state index in [-0.39, 0.29) is 18.3 Å². The highest BCUT2D eigenvalue weighted by Gasteiger charge is 2.15. The lowest BCUT2D eigenvalue weighted by Gasteiger charge is -2.19. The Hall–Kier alpha value is -2.93. The van der Waals surface area contributed by atoms with Gasteiger partial charge in [-0.15, -0.1) is 23.7 Å². The van der Waals surface area contributed by atoms with Crippen molar-refractivity contribution in [1.82, 2.24) is 14.5 Å². The van der Waals surface area contributed by atoms with E-state index < -0.39 is 0 Å². The summed E-state index contributed by atoms with van der Waals surface area (Å²) >= 11 is 1.66. The number of amides is 1. The van der Waals surface area contributed by atoms with Crippen LogP contribution < -0.4 is 5.32 Å². The van der Waals surface area contributed by atoms with E-state index in [4.69, 9.17) is 0 Å². The molecule has 0 saturated heterocycles. The Morgan fingerprint density at radius 2 is 1.76 bits per heavy atom. The van der Waals surface area contributed by atoms with E-state index in [2.05, 4.69) is 63.9 Å². The van der Waals surface area contributed by atoms with Crippen molar-refractivity contribution < 1.29 is 4.79 Å². The van der Waals surface area contributed by atoms with Gasteiger partial charge in [-0.25, -0.2) is 4.98 Å². The van der Waals surface area contributed by atoms with Crippen LogP contribution in [0.15, 0.2) is 60.7 Å². The zero-order valence-corrected chi connectivity index (χ0v) is 21.3. The Balaban J connectivity index is 0.00000274. The SMILES string of the molecule is CCN(CC)CCn1c2ccccc2c2ccc(C(=O)Nc3ccc4sc(C)nc4c3)cc21.Cl. The molecule has 0 aliphatic rings. The molecule has 0 spiro atoms. The fourth-order valence-corrected chi connectivity index (χ4v) is 5.34. The molecule has 0 aliphatic heterocycles. The maximum Gasteiger partial charge on any atom is 0.255 e. The molecule has 0 fully saturated rings. The largest absolute Gasteiger partial charge is 0.339 e. The lowest BCUT2D eigenvalue weighted by atomic mass is 10.1. The number of benzene rings is 3. The summed E-state index contributed by atoms with van der Waals surface area (Å²) in [7, 11) is 0. The highest BCUT2D eigenvalue weighted by Crippen LogP contribution is 2.30. The van der Waals surface area contributed by atoms with Crippen LogP contribution in [-0.2, 0) is 6.54 Å². The van der Waals surface area contributed by atoms with Gasteiger partial charge in [0, 0.05) is 46.1 Å². The second kappa shape index (κ2) is 10.1. The summed E-state index contributed by atoms with van der Waals surface area (Å²) in [6.07, 6.45) is 0. The van der Waals surface area contributed by atoms with Crippen molar-refractivity contribution in [2.24, 2.45) is 0 Å². The zero-order chi connectivity index (χ0) is 22.9. The normalized spacial score (nSPS) is 11.4. The van der Waals surface area contributed by atoms with Crippen molar-refractivity contribution >= 4 is 67.4 Å². The molecule has 1 amide bonds. The van der Waals surface area contributed by atoms with Crippen LogP contribution >= 0.6 is 23.7 Å². The lowest BCUT2D eigenvalue weighted by Crippen LogP contribution is -2.27. The molecule has 0 saturated carbocycles. The number of carbonyl (C=O) groups is 1. The van der Waals surface area contributed by atoms with Gasteiger partial charge in [0.05, 0.1) is 15.2 Å². The Bertz CT molecular complexity index is 1470. The van der Waals surface area contributed by atoms with Gasteiger partial charge < -0.3 is 14.8 Å². The van der Waals surface area contributed by atoms with Crippen LogP contribution in [0, 0.1) is 6.92 Å². The van der Waals surface area contributed by atoms with Crippen LogP contribution in [0.5, 0.6) is 0 Å². The van der Waals surface area contributed by atoms with Gasteiger partial charge in [-0.2, -0.15) is 0 Å². The number of likely N-dealkylation sites (N-methyl/N-ethyl adjacent to an activating group) is 1. The third kappa shape index (κ3) is 4.53. The number of rotatable bonds is 7. The summed E-state index contributed by atoms with van der Waals surface area (Å²) in [6, 6.07) is 20.4. The molecule has 0 radical (unpaired) electrons. The van der Waals surface area contributed by atoms with Gasteiger partial charge in [-0.3, -0.25) is 4.79 Å². The highest BCUT2D eigenvalue weighted by molar-refractivity contribution is 7.18. The average molecular weight is 493 g/mol. The van der Waals surface area contributed by atoms with Crippen LogP contribution in [0.2, 0.25) is 0 Å². The summed E-state index contributed by atoms with van der Waals surface area (Å²) in [5.74, 6) is -0.108. The molecule has 0 atom stereocenters. The van der Waals surface area contributed by atoms with Gasteiger partial charge in [-0.1, -0.05) is 38.1 Å². The minimum Gasteiger partial charge on any atom is -0.339 e. The van der Waals surface area contributed by atoms with Crippen molar-refractivity contribution in [3.63, 3.8) is 0 Å². The second-order valence-electron chi connectivity index (χ2n) is 8.30. The van der Waals surface area contributed by atoms with Gasteiger partial charge in [0.15, 0.2) is 0 Å². The van der Waals surface area contributed by atoms with Crippen molar-refractivity contribution in [3.05, 3.63) is 71.2 Å². The Labute approximate surface area is 209 Å². The second-order valence-corrected chi connectivity index (χ2v) is 9.53. The molecule has 0 unspecified atom stereocenters. The number of halogens is 1. The first-order valence-electron chi connectivity index (χ1n) is 11.5. The number of hydrogen-bond acceptors (Lipinski definition) is 4.